The predicted molar refractivity (Wildman–Crippen MR) is 63.9 cm³/mol. The first-order chi connectivity index (χ1) is 7.65. The maximum Gasteiger partial charge on any atom is 0.339 e. The van der Waals surface area contributed by atoms with E-state index in [1.165, 1.54) is 0 Å². The van der Waals surface area contributed by atoms with E-state index in [4.69, 9.17) is 21.6 Å². The Morgan fingerprint density at radius 3 is 2.81 bits per heavy atom. The summed E-state index contributed by atoms with van der Waals surface area (Å²) in [6, 6.07) is 5.25. The number of halogens is 1. The van der Waals surface area contributed by atoms with Gasteiger partial charge in [0.05, 0.1) is 17.7 Å². The highest BCUT2D eigenvalue weighted by Crippen LogP contribution is 2.23. The lowest BCUT2D eigenvalue weighted by Crippen LogP contribution is -2.10. The average molecular weight is 256 g/mol. The number of esters is 1. The summed E-state index contributed by atoms with van der Waals surface area (Å²) >= 11 is 9.84. The zero-order chi connectivity index (χ0) is 12.1. The molecule has 0 aromatic heterocycles. The van der Waals surface area contributed by atoms with E-state index in [2.05, 4.69) is 12.6 Å². The van der Waals surface area contributed by atoms with Gasteiger partial charge in [0.1, 0.15) is 6.07 Å². The van der Waals surface area contributed by atoms with Gasteiger partial charge in [-0.3, -0.25) is 0 Å². The highest BCUT2D eigenvalue weighted by molar-refractivity contribution is 7.80. The second-order valence-corrected chi connectivity index (χ2v) is 3.71. The number of nitrogens with zero attached hydrogens (tertiary/aromatic N) is 1. The zero-order valence-electron chi connectivity index (χ0n) is 8.66. The molecule has 5 heteroatoms. The van der Waals surface area contributed by atoms with Crippen molar-refractivity contribution in [3.8, 4) is 6.07 Å². The van der Waals surface area contributed by atoms with Crippen LogP contribution in [0.25, 0.3) is 0 Å². The number of nitriles is 1. The molecule has 16 heavy (non-hydrogen) atoms. The summed E-state index contributed by atoms with van der Waals surface area (Å²) in [5, 5.41) is 8.99. The minimum absolute atomic E-state index is 0.150. The van der Waals surface area contributed by atoms with E-state index in [9.17, 15) is 4.79 Å². The molecule has 0 aliphatic rings. The predicted octanol–water partition coefficient (Wildman–Crippen LogP) is 2.76. The van der Waals surface area contributed by atoms with Gasteiger partial charge in [-0.2, -0.15) is 5.26 Å². The fourth-order valence-corrected chi connectivity index (χ4v) is 1.75. The SMILES string of the molecule is CCOC(=O)c1c(CCl)ccc(S)c1C#N. The first-order valence-electron chi connectivity index (χ1n) is 4.63. The van der Waals surface area contributed by atoms with Gasteiger partial charge in [0.2, 0.25) is 0 Å². The Hall–Kier alpha value is -1.18. The van der Waals surface area contributed by atoms with Gasteiger partial charge in [-0.1, -0.05) is 6.07 Å². The van der Waals surface area contributed by atoms with Gasteiger partial charge in [0.15, 0.2) is 0 Å². The van der Waals surface area contributed by atoms with Gasteiger partial charge in [-0.15, -0.1) is 24.2 Å². The molecule has 0 aliphatic heterocycles. The van der Waals surface area contributed by atoms with Crippen molar-refractivity contribution in [2.45, 2.75) is 17.7 Å². The van der Waals surface area contributed by atoms with Gasteiger partial charge in [-0.25, -0.2) is 4.79 Å². The number of carbonyl (C=O) groups excluding carboxylic acids is 1. The molecule has 0 amide bonds. The number of hydrogen-bond acceptors (Lipinski definition) is 4. The molecule has 0 unspecified atom stereocenters. The summed E-state index contributed by atoms with van der Waals surface area (Å²) in [5.74, 6) is -0.387. The summed E-state index contributed by atoms with van der Waals surface area (Å²) in [6.45, 7) is 1.96. The van der Waals surface area contributed by atoms with Crippen molar-refractivity contribution in [3.05, 3.63) is 28.8 Å². The molecule has 0 bridgehead atoms. The van der Waals surface area contributed by atoms with E-state index in [-0.39, 0.29) is 23.6 Å². The van der Waals surface area contributed by atoms with E-state index in [1.54, 1.807) is 19.1 Å². The minimum atomic E-state index is -0.536. The first-order valence-corrected chi connectivity index (χ1v) is 5.61. The molecule has 0 radical (unpaired) electrons. The van der Waals surface area contributed by atoms with Crippen LogP contribution in [-0.4, -0.2) is 12.6 Å². The topological polar surface area (TPSA) is 50.1 Å². The Kier molecular flexibility index (Phi) is 4.66. The fraction of sp³-hybridized carbons (Fsp3) is 0.273. The van der Waals surface area contributed by atoms with Crippen LogP contribution >= 0.6 is 24.2 Å². The molecular weight excluding hydrogens is 246 g/mol. The van der Waals surface area contributed by atoms with E-state index in [1.807, 2.05) is 6.07 Å². The molecule has 1 aromatic carbocycles. The molecule has 0 N–H and O–H groups in total. The first kappa shape index (κ1) is 12.9. The normalized spacial score (nSPS) is 9.62. The van der Waals surface area contributed by atoms with Crippen molar-refractivity contribution in [1.82, 2.24) is 0 Å². The lowest BCUT2D eigenvalue weighted by molar-refractivity contribution is 0.0524. The quantitative estimate of drug-likeness (QED) is 0.513. The number of benzene rings is 1. The molecule has 1 rings (SSSR count). The Morgan fingerprint density at radius 1 is 1.62 bits per heavy atom. The summed E-state index contributed by atoms with van der Waals surface area (Å²) < 4.78 is 4.89. The average Bonchev–Trinajstić information content (AvgIpc) is 2.28. The van der Waals surface area contributed by atoms with E-state index < -0.39 is 5.97 Å². The Morgan fingerprint density at radius 2 is 2.31 bits per heavy atom. The van der Waals surface area contributed by atoms with Crippen molar-refractivity contribution < 1.29 is 9.53 Å². The van der Waals surface area contributed by atoms with E-state index in [0.717, 1.165) is 0 Å². The summed E-state index contributed by atoms with van der Waals surface area (Å²) in [4.78, 5) is 12.1. The number of rotatable bonds is 3. The second-order valence-electron chi connectivity index (χ2n) is 2.96. The zero-order valence-corrected chi connectivity index (χ0v) is 10.3. The van der Waals surface area contributed by atoms with Crippen LogP contribution in [0.2, 0.25) is 0 Å². The standard InChI is InChI=1S/C11H10ClNO2S/c1-2-15-11(14)10-7(5-12)3-4-9(16)8(10)6-13/h3-4,16H,2,5H2,1H3. The molecule has 0 spiro atoms. The van der Waals surface area contributed by atoms with Crippen LogP contribution in [0.4, 0.5) is 0 Å². The number of alkyl halides is 1. The van der Waals surface area contributed by atoms with Crippen LogP contribution in [0.15, 0.2) is 17.0 Å². The maximum absolute atomic E-state index is 11.7. The Bertz CT molecular complexity index is 454. The third-order valence-electron chi connectivity index (χ3n) is 2.00. The largest absolute Gasteiger partial charge is 0.462 e. The number of carbonyl (C=O) groups is 1. The van der Waals surface area contributed by atoms with Crippen molar-refractivity contribution in [1.29, 1.82) is 5.26 Å². The molecule has 3 nitrogen and oxygen atoms in total. The highest BCUT2D eigenvalue weighted by atomic mass is 35.5. The molecule has 1 aromatic rings. The van der Waals surface area contributed by atoms with Crippen LogP contribution in [0, 0.1) is 11.3 Å². The number of ether oxygens (including phenoxy) is 1. The van der Waals surface area contributed by atoms with Crippen LogP contribution in [0.5, 0.6) is 0 Å². The third-order valence-corrected chi connectivity index (χ3v) is 2.67. The lowest BCUT2D eigenvalue weighted by Gasteiger charge is -2.09. The molecule has 0 heterocycles. The molecule has 0 saturated heterocycles. The smallest absolute Gasteiger partial charge is 0.339 e. The number of thiol groups is 1. The third kappa shape index (κ3) is 2.49. The van der Waals surface area contributed by atoms with Crippen LogP contribution < -0.4 is 0 Å². The van der Waals surface area contributed by atoms with Crippen molar-refractivity contribution in [3.63, 3.8) is 0 Å². The van der Waals surface area contributed by atoms with Gasteiger partial charge >= 0.3 is 5.97 Å². The molecule has 0 atom stereocenters. The second kappa shape index (κ2) is 5.78. The summed E-state index contributed by atoms with van der Waals surface area (Å²) in [6.07, 6.45) is 0. The molecule has 84 valence electrons. The number of hydrogen-bond donors (Lipinski definition) is 1. The fourth-order valence-electron chi connectivity index (χ4n) is 1.30. The van der Waals surface area contributed by atoms with Crippen molar-refractivity contribution in [2.24, 2.45) is 0 Å². The van der Waals surface area contributed by atoms with E-state index >= 15 is 0 Å². The van der Waals surface area contributed by atoms with Crippen LogP contribution in [-0.2, 0) is 10.6 Å². The van der Waals surface area contributed by atoms with Crippen molar-refractivity contribution in [2.75, 3.05) is 6.61 Å². The van der Waals surface area contributed by atoms with Gasteiger partial charge in [-0.05, 0) is 18.6 Å². The lowest BCUT2D eigenvalue weighted by atomic mass is 10.0. The molecular formula is C11H10ClNO2S. The Labute approximate surface area is 104 Å². The maximum atomic E-state index is 11.7. The van der Waals surface area contributed by atoms with Gasteiger partial charge < -0.3 is 4.74 Å². The summed E-state index contributed by atoms with van der Waals surface area (Å²) in [7, 11) is 0. The van der Waals surface area contributed by atoms with E-state index in [0.29, 0.717) is 10.5 Å². The minimum Gasteiger partial charge on any atom is -0.462 e. The van der Waals surface area contributed by atoms with Crippen LogP contribution in [0.3, 0.4) is 0 Å². The molecule has 0 saturated carbocycles. The van der Waals surface area contributed by atoms with Crippen molar-refractivity contribution >= 4 is 30.2 Å². The molecule has 0 fully saturated rings. The Balaban J connectivity index is 3.37. The monoisotopic (exact) mass is 255 g/mol. The highest BCUT2D eigenvalue weighted by Gasteiger charge is 2.19. The van der Waals surface area contributed by atoms with Crippen LogP contribution in [0.1, 0.15) is 28.4 Å². The summed E-state index contributed by atoms with van der Waals surface area (Å²) in [5.41, 5.74) is 1.00. The molecule has 0 aliphatic carbocycles. The van der Waals surface area contributed by atoms with Gasteiger partial charge in [0, 0.05) is 10.8 Å². The van der Waals surface area contributed by atoms with Gasteiger partial charge in [0.25, 0.3) is 0 Å².